The van der Waals surface area contributed by atoms with Crippen molar-refractivity contribution in [2.45, 2.75) is 45.3 Å². The van der Waals surface area contributed by atoms with Crippen molar-refractivity contribution in [3.63, 3.8) is 0 Å². The minimum absolute atomic E-state index is 0.00846. The summed E-state index contributed by atoms with van der Waals surface area (Å²) < 4.78 is 16.4. The molecule has 0 atom stereocenters. The summed E-state index contributed by atoms with van der Waals surface area (Å²) in [5.41, 5.74) is 5.93. The van der Waals surface area contributed by atoms with Crippen molar-refractivity contribution in [2.24, 2.45) is 5.92 Å². The molecule has 43 heavy (non-hydrogen) atoms. The predicted molar refractivity (Wildman–Crippen MR) is 170 cm³/mol. The van der Waals surface area contributed by atoms with Gasteiger partial charge in [-0.05, 0) is 87.2 Å². The lowest BCUT2D eigenvalue weighted by Crippen LogP contribution is -2.38. The molecule has 1 aromatic heterocycles. The molecule has 0 aliphatic heterocycles. The molecule has 1 saturated carbocycles. The summed E-state index contributed by atoms with van der Waals surface area (Å²) in [5, 5.41) is 4.08. The Bertz CT molecular complexity index is 1390. The molecular weight excluding hydrogens is 544 g/mol. The Morgan fingerprint density at radius 2 is 1.67 bits per heavy atom. The van der Waals surface area contributed by atoms with E-state index >= 15 is 0 Å². The number of aromatic nitrogens is 1. The first kappa shape index (κ1) is 32.0. The maximum Gasteiger partial charge on any atom is 0.330 e. The lowest BCUT2D eigenvalue weighted by molar-refractivity contribution is -0.134. The van der Waals surface area contributed by atoms with Gasteiger partial charge in [0.15, 0.2) is 0 Å². The van der Waals surface area contributed by atoms with Crippen LogP contribution in [0.3, 0.4) is 0 Å². The molecule has 1 aliphatic rings. The van der Waals surface area contributed by atoms with Crippen LogP contribution < -0.4 is 9.80 Å². The SMILES string of the molecule is COC(=O)/C=C/c1cc(N(Cc2ccc(-c3ccc(N(C)C)cc3)cc2C)C(=O)C2CCC(OCCN(C)C)CC2)on1. The monoisotopic (exact) mass is 588 g/mol. The maximum absolute atomic E-state index is 14.0. The lowest BCUT2D eigenvalue weighted by Gasteiger charge is -2.31. The number of likely N-dealkylation sites (N-methyl/N-ethyl adjacent to an activating group) is 1. The summed E-state index contributed by atoms with van der Waals surface area (Å²) in [6.45, 7) is 3.98. The highest BCUT2D eigenvalue weighted by molar-refractivity contribution is 5.94. The van der Waals surface area contributed by atoms with E-state index in [1.54, 1.807) is 11.0 Å². The first-order valence-electron chi connectivity index (χ1n) is 14.8. The Labute approximate surface area is 255 Å². The standard InChI is InChI=1S/C34H44N4O5/c1-24-21-27(25-9-14-30(15-10-25)37(4)5)7-8-28(24)23-38(32-22-29(35-43-32)13-18-33(39)41-6)34(40)26-11-16-31(17-12-26)42-20-19-36(2)3/h7-10,13-15,18,21-22,26,31H,11-12,16-17,19-20,23H2,1-6H3/b18-13+. The number of carbonyl (C=O) groups excluding carboxylic acids is 2. The molecule has 9 heteroatoms. The quantitative estimate of drug-likeness (QED) is 0.200. The van der Waals surface area contributed by atoms with Crippen LogP contribution in [-0.2, 0) is 25.6 Å². The highest BCUT2D eigenvalue weighted by atomic mass is 16.5. The van der Waals surface area contributed by atoms with Crippen LogP contribution in [0, 0.1) is 12.8 Å². The van der Waals surface area contributed by atoms with E-state index in [0.717, 1.165) is 60.2 Å². The van der Waals surface area contributed by atoms with E-state index in [1.165, 1.54) is 19.3 Å². The van der Waals surface area contributed by atoms with Crippen molar-refractivity contribution < 1.29 is 23.6 Å². The van der Waals surface area contributed by atoms with Crippen LogP contribution in [0.4, 0.5) is 11.6 Å². The van der Waals surface area contributed by atoms with E-state index in [-0.39, 0.29) is 17.9 Å². The Hall–Kier alpha value is -3.95. The summed E-state index contributed by atoms with van der Waals surface area (Å²) in [6, 6.07) is 16.5. The molecule has 1 aliphatic carbocycles. The van der Waals surface area contributed by atoms with Crippen LogP contribution >= 0.6 is 0 Å². The van der Waals surface area contributed by atoms with Crippen molar-refractivity contribution in [2.75, 3.05) is 58.3 Å². The Kier molecular flexibility index (Phi) is 11.1. The van der Waals surface area contributed by atoms with Crippen molar-refractivity contribution in [1.82, 2.24) is 10.1 Å². The fourth-order valence-corrected chi connectivity index (χ4v) is 5.24. The van der Waals surface area contributed by atoms with E-state index < -0.39 is 5.97 Å². The van der Waals surface area contributed by atoms with E-state index in [2.05, 4.69) is 69.1 Å². The zero-order valence-corrected chi connectivity index (χ0v) is 26.2. The molecule has 0 radical (unpaired) electrons. The number of ether oxygens (including phenoxy) is 2. The van der Waals surface area contributed by atoms with E-state index in [0.29, 0.717) is 24.7 Å². The average Bonchev–Trinajstić information content (AvgIpc) is 3.48. The van der Waals surface area contributed by atoms with E-state index in [9.17, 15) is 9.59 Å². The molecule has 0 spiro atoms. The number of nitrogens with zero attached hydrogens (tertiary/aromatic N) is 4. The molecular formula is C34H44N4O5. The van der Waals surface area contributed by atoms with Gasteiger partial charge in [0.2, 0.25) is 11.8 Å². The number of anilines is 2. The normalized spacial score (nSPS) is 16.9. The third kappa shape index (κ3) is 8.78. The number of esters is 1. The molecule has 9 nitrogen and oxygen atoms in total. The molecule has 1 fully saturated rings. The third-order valence-electron chi connectivity index (χ3n) is 7.94. The molecule has 1 amide bonds. The molecule has 4 rings (SSSR count). The first-order chi connectivity index (χ1) is 20.6. The molecule has 0 N–H and O–H groups in total. The van der Waals surface area contributed by atoms with Gasteiger partial charge in [0.05, 0.1) is 26.4 Å². The number of benzene rings is 2. The van der Waals surface area contributed by atoms with Gasteiger partial charge in [-0.15, -0.1) is 0 Å². The number of hydrogen-bond acceptors (Lipinski definition) is 8. The minimum atomic E-state index is -0.492. The molecule has 1 heterocycles. The second-order valence-electron chi connectivity index (χ2n) is 11.6. The summed E-state index contributed by atoms with van der Waals surface area (Å²) >= 11 is 0. The van der Waals surface area contributed by atoms with E-state index in [4.69, 9.17) is 9.26 Å². The van der Waals surface area contributed by atoms with Crippen LogP contribution in [0.25, 0.3) is 17.2 Å². The van der Waals surface area contributed by atoms with Crippen molar-refractivity contribution in [1.29, 1.82) is 0 Å². The van der Waals surface area contributed by atoms with Gasteiger partial charge in [-0.2, -0.15) is 0 Å². The van der Waals surface area contributed by atoms with Crippen molar-refractivity contribution >= 4 is 29.5 Å². The first-order valence-corrected chi connectivity index (χ1v) is 14.8. The molecule has 0 unspecified atom stereocenters. The Morgan fingerprint density at radius 1 is 0.977 bits per heavy atom. The predicted octanol–water partition coefficient (Wildman–Crippen LogP) is 5.57. The Balaban J connectivity index is 1.53. The van der Waals surface area contributed by atoms with Crippen LogP contribution in [0.15, 0.2) is 59.1 Å². The van der Waals surface area contributed by atoms with Crippen LogP contribution in [0.2, 0.25) is 0 Å². The molecule has 3 aromatic rings. The largest absolute Gasteiger partial charge is 0.466 e. The van der Waals surface area contributed by atoms with Gasteiger partial charge in [0.25, 0.3) is 0 Å². The van der Waals surface area contributed by atoms with Crippen LogP contribution in [0.5, 0.6) is 0 Å². The molecule has 0 bridgehead atoms. The van der Waals surface area contributed by atoms with Gasteiger partial charge < -0.3 is 23.8 Å². The maximum atomic E-state index is 14.0. The summed E-state index contributed by atoms with van der Waals surface area (Å²) in [6.07, 6.45) is 6.18. The van der Waals surface area contributed by atoms with Crippen LogP contribution in [-0.4, -0.2) is 76.5 Å². The number of hydrogen-bond donors (Lipinski definition) is 0. The summed E-state index contributed by atoms with van der Waals surface area (Å²) in [4.78, 5) is 31.5. The van der Waals surface area contributed by atoms with Crippen molar-refractivity contribution in [3.8, 4) is 11.1 Å². The minimum Gasteiger partial charge on any atom is -0.466 e. The third-order valence-corrected chi connectivity index (χ3v) is 7.94. The molecule has 0 saturated heterocycles. The average molecular weight is 589 g/mol. The van der Waals surface area contributed by atoms with Crippen LogP contribution in [0.1, 0.15) is 42.5 Å². The fourth-order valence-electron chi connectivity index (χ4n) is 5.24. The second-order valence-corrected chi connectivity index (χ2v) is 11.6. The number of aryl methyl sites for hydroxylation is 1. The van der Waals surface area contributed by atoms with E-state index in [1.807, 2.05) is 28.2 Å². The number of rotatable bonds is 12. The van der Waals surface area contributed by atoms with Gasteiger partial charge in [-0.25, -0.2) is 4.79 Å². The topological polar surface area (TPSA) is 88.4 Å². The van der Waals surface area contributed by atoms with Crippen molar-refractivity contribution in [3.05, 3.63) is 71.4 Å². The summed E-state index contributed by atoms with van der Waals surface area (Å²) in [7, 11) is 9.44. The highest BCUT2D eigenvalue weighted by Crippen LogP contribution is 2.32. The number of amides is 1. The fraction of sp³-hybridized carbons (Fsp3) is 0.441. The zero-order valence-electron chi connectivity index (χ0n) is 26.2. The number of carbonyl (C=O) groups is 2. The van der Waals surface area contributed by atoms with Gasteiger partial charge in [0, 0.05) is 44.4 Å². The van der Waals surface area contributed by atoms with Gasteiger partial charge >= 0.3 is 5.97 Å². The van der Waals surface area contributed by atoms with Gasteiger partial charge in [0.1, 0.15) is 5.69 Å². The molecule has 230 valence electrons. The highest BCUT2D eigenvalue weighted by Gasteiger charge is 2.32. The lowest BCUT2D eigenvalue weighted by atomic mass is 9.86. The summed E-state index contributed by atoms with van der Waals surface area (Å²) in [5.74, 6) is -0.271. The second kappa shape index (κ2) is 15.0. The zero-order chi connectivity index (χ0) is 30.9. The smallest absolute Gasteiger partial charge is 0.330 e. The van der Waals surface area contributed by atoms with Gasteiger partial charge in [-0.3, -0.25) is 9.69 Å². The Morgan fingerprint density at radius 3 is 2.30 bits per heavy atom. The number of methoxy groups -OCH3 is 1. The van der Waals surface area contributed by atoms with Gasteiger partial charge in [-0.1, -0.05) is 35.5 Å². The molecule has 2 aromatic carbocycles.